The first-order valence-electron chi connectivity index (χ1n) is 5.51. The Hall–Kier alpha value is -0.540. The standard InChI is InChI=1S/C12H21NOS/c1-5-12(3,6-2)13-9-10-7-8-11(14-4)15-10/h7-8,13H,5-6,9H2,1-4H3. The Morgan fingerprint density at radius 1 is 1.33 bits per heavy atom. The molecule has 0 aliphatic rings. The van der Waals surface area contributed by atoms with Crippen molar-refractivity contribution in [3.8, 4) is 5.06 Å². The summed E-state index contributed by atoms with van der Waals surface area (Å²) in [4.78, 5) is 1.33. The summed E-state index contributed by atoms with van der Waals surface area (Å²) in [6.45, 7) is 7.67. The van der Waals surface area contributed by atoms with E-state index in [1.54, 1.807) is 18.4 Å². The Morgan fingerprint density at radius 3 is 2.47 bits per heavy atom. The number of methoxy groups -OCH3 is 1. The Labute approximate surface area is 96.7 Å². The van der Waals surface area contributed by atoms with Gasteiger partial charge in [0.1, 0.15) is 0 Å². The van der Waals surface area contributed by atoms with E-state index >= 15 is 0 Å². The first-order valence-corrected chi connectivity index (χ1v) is 6.33. The molecule has 0 aliphatic heterocycles. The van der Waals surface area contributed by atoms with E-state index in [2.05, 4.69) is 32.2 Å². The van der Waals surface area contributed by atoms with Crippen molar-refractivity contribution < 1.29 is 4.74 Å². The summed E-state index contributed by atoms with van der Waals surface area (Å²) in [5, 5.41) is 4.59. The predicted molar refractivity (Wildman–Crippen MR) is 66.7 cm³/mol. The predicted octanol–water partition coefficient (Wildman–Crippen LogP) is 3.43. The smallest absolute Gasteiger partial charge is 0.173 e. The van der Waals surface area contributed by atoms with Gasteiger partial charge in [0, 0.05) is 17.0 Å². The molecule has 0 radical (unpaired) electrons. The van der Waals surface area contributed by atoms with E-state index in [9.17, 15) is 0 Å². The van der Waals surface area contributed by atoms with Crippen LogP contribution in [0.1, 0.15) is 38.5 Å². The molecule has 1 aromatic rings. The summed E-state index contributed by atoms with van der Waals surface area (Å²) in [7, 11) is 1.71. The van der Waals surface area contributed by atoms with E-state index in [4.69, 9.17) is 4.74 Å². The third kappa shape index (κ3) is 3.50. The highest BCUT2D eigenvalue weighted by Gasteiger charge is 2.18. The Kier molecular flexibility index (Phi) is 4.61. The van der Waals surface area contributed by atoms with Gasteiger partial charge < -0.3 is 10.1 Å². The van der Waals surface area contributed by atoms with Gasteiger partial charge in [-0.3, -0.25) is 0 Å². The van der Waals surface area contributed by atoms with E-state index in [1.165, 1.54) is 4.88 Å². The summed E-state index contributed by atoms with van der Waals surface area (Å²) in [5.41, 5.74) is 0.261. The Balaban J connectivity index is 2.49. The van der Waals surface area contributed by atoms with Crippen LogP contribution in [0.4, 0.5) is 0 Å². The molecule has 0 amide bonds. The molecule has 0 aliphatic carbocycles. The molecule has 0 bridgehead atoms. The minimum atomic E-state index is 0.261. The maximum absolute atomic E-state index is 5.17. The van der Waals surface area contributed by atoms with Gasteiger partial charge in [-0.05, 0) is 31.9 Å². The lowest BCUT2D eigenvalue weighted by atomic mass is 9.96. The van der Waals surface area contributed by atoms with Crippen LogP contribution >= 0.6 is 11.3 Å². The van der Waals surface area contributed by atoms with E-state index in [0.29, 0.717) is 0 Å². The van der Waals surface area contributed by atoms with Gasteiger partial charge >= 0.3 is 0 Å². The van der Waals surface area contributed by atoms with Gasteiger partial charge in [-0.25, -0.2) is 0 Å². The molecule has 0 spiro atoms. The molecule has 0 saturated carbocycles. The third-order valence-corrected chi connectivity index (χ3v) is 4.13. The quantitative estimate of drug-likeness (QED) is 0.804. The molecule has 3 heteroatoms. The topological polar surface area (TPSA) is 21.3 Å². The van der Waals surface area contributed by atoms with Gasteiger partial charge in [-0.1, -0.05) is 13.8 Å². The molecule has 0 atom stereocenters. The Bertz CT molecular complexity index is 292. The zero-order valence-corrected chi connectivity index (χ0v) is 10.9. The second-order valence-corrected chi connectivity index (χ2v) is 5.18. The summed E-state index contributed by atoms with van der Waals surface area (Å²) in [5.74, 6) is 0. The number of nitrogens with one attached hydrogen (secondary N) is 1. The lowest BCUT2D eigenvalue weighted by molar-refractivity contribution is 0.330. The molecule has 0 unspecified atom stereocenters. The van der Waals surface area contributed by atoms with Crippen molar-refractivity contribution in [1.82, 2.24) is 5.32 Å². The number of rotatable bonds is 6. The van der Waals surface area contributed by atoms with E-state index in [-0.39, 0.29) is 5.54 Å². The first-order chi connectivity index (χ1) is 7.13. The van der Waals surface area contributed by atoms with Crippen LogP contribution in [0.3, 0.4) is 0 Å². The highest BCUT2D eigenvalue weighted by atomic mass is 32.1. The van der Waals surface area contributed by atoms with Crippen LogP contribution in [0.2, 0.25) is 0 Å². The molecule has 1 heterocycles. The summed E-state index contributed by atoms with van der Waals surface area (Å²) in [6.07, 6.45) is 2.32. The summed E-state index contributed by atoms with van der Waals surface area (Å²) >= 11 is 1.71. The van der Waals surface area contributed by atoms with Gasteiger partial charge in [0.15, 0.2) is 5.06 Å². The number of hydrogen-bond acceptors (Lipinski definition) is 3. The number of ether oxygens (including phenoxy) is 1. The first kappa shape index (κ1) is 12.5. The van der Waals surface area contributed by atoms with Crippen LogP contribution in [0.25, 0.3) is 0 Å². The largest absolute Gasteiger partial charge is 0.487 e. The average molecular weight is 227 g/mol. The van der Waals surface area contributed by atoms with Crippen molar-refractivity contribution in [3.63, 3.8) is 0 Å². The normalized spacial score (nSPS) is 11.7. The average Bonchev–Trinajstić information content (AvgIpc) is 2.74. The fourth-order valence-corrected chi connectivity index (χ4v) is 2.12. The zero-order chi connectivity index (χ0) is 11.3. The maximum atomic E-state index is 5.17. The molecule has 1 N–H and O–H groups in total. The van der Waals surface area contributed by atoms with Crippen molar-refractivity contribution in [2.24, 2.45) is 0 Å². The van der Waals surface area contributed by atoms with Crippen LogP contribution in [0, 0.1) is 0 Å². The highest BCUT2D eigenvalue weighted by Crippen LogP contribution is 2.24. The second kappa shape index (κ2) is 5.52. The van der Waals surface area contributed by atoms with Gasteiger partial charge in [0.2, 0.25) is 0 Å². The van der Waals surface area contributed by atoms with Gasteiger partial charge in [-0.2, -0.15) is 0 Å². The third-order valence-electron chi connectivity index (χ3n) is 3.09. The van der Waals surface area contributed by atoms with E-state index in [0.717, 1.165) is 24.4 Å². The van der Waals surface area contributed by atoms with Crippen molar-refractivity contribution >= 4 is 11.3 Å². The molecule has 0 saturated heterocycles. The zero-order valence-electron chi connectivity index (χ0n) is 10.1. The van der Waals surface area contributed by atoms with Crippen LogP contribution in [-0.2, 0) is 6.54 Å². The van der Waals surface area contributed by atoms with Crippen molar-refractivity contribution in [2.75, 3.05) is 7.11 Å². The SMILES string of the molecule is CCC(C)(CC)NCc1ccc(OC)s1. The minimum Gasteiger partial charge on any atom is -0.487 e. The van der Waals surface area contributed by atoms with Crippen LogP contribution in [-0.4, -0.2) is 12.6 Å². The molecule has 0 aromatic carbocycles. The second-order valence-electron chi connectivity index (χ2n) is 4.05. The van der Waals surface area contributed by atoms with Crippen molar-refractivity contribution in [2.45, 2.75) is 45.7 Å². The number of thiophene rings is 1. The fourth-order valence-electron chi connectivity index (χ4n) is 1.36. The van der Waals surface area contributed by atoms with Gasteiger partial charge in [0.25, 0.3) is 0 Å². The number of hydrogen-bond donors (Lipinski definition) is 1. The molecular formula is C12H21NOS. The lowest BCUT2D eigenvalue weighted by Gasteiger charge is -2.28. The molecule has 1 rings (SSSR count). The highest BCUT2D eigenvalue weighted by molar-refractivity contribution is 7.13. The molecule has 2 nitrogen and oxygen atoms in total. The summed E-state index contributed by atoms with van der Waals surface area (Å²) in [6, 6.07) is 4.15. The fraction of sp³-hybridized carbons (Fsp3) is 0.667. The molecule has 86 valence electrons. The van der Waals surface area contributed by atoms with Crippen LogP contribution in [0.15, 0.2) is 12.1 Å². The molecular weight excluding hydrogens is 206 g/mol. The van der Waals surface area contributed by atoms with Crippen LogP contribution in [0.5, 0.6) is 5.06 Å². The molecule has 15 heavy (non-hydrogen) atoms. The maximum Gasteiger partial charge on any atom is 0.173 e. The van der Waals surface area contributed by atoms with Crippen LogP contribution < -0.4 is 10.1 Å². The molecule has 0 fully saturated rings. The van der Waals surface area contributed by atoms with Gasteiger partial charge in [0.05, 0.1) is 7.11 Å². The Morgan fingerprint density at radius 2 is 2.00 bits per heavy atom. The van der Waals surface area contributed by atoms with E-state index in [1.807, 2.05) is 6.07 Å². The lowest BCUT2D eigenvalue weighted by Crippen LogP contribution is -2.40. The van der Waals surface area contributed by atoms with E-state index < -0.39 is 0 Å². The van der Waals surface area contributed by atoms with Crippen molar-refractivity contribution in [1.29, 1.82) is 0 Å². The van der Waals surface area contributed by atoms with Gasteiger partial charge in [-0.15, -0.1) is 11.3 Å². The molecule has 1 aromatic heterocycles. The summed E-state index contributed by atoms with van der Waals surface area (Å²) < 4.78 is 5.17. The monoisotopic (exact) mass is 227 g/mol. The van der Waals surface area contributed by atoms with Crippen molar-refractivity contribution in [3.05, 3.63) is 17.0 Å². The minimum absolute atomic E-state index is 0.261.